The van der Waals surface area contributed by atoms with Gasteiger partial charge in [0, 0.05) is 6.92 Å². The first-order valence-electron chi connectivity index (χ1n) is 10.2. The molecular weight excluding hydrogens is 463 g/mol. The summed E-state index contributed by atoms with van der Waals surface area (Å²) in [6.45, 7) is 9.74. The SMILES string of the molecule is CC(=O)SCCNC(=O)CCNC(=O)[C@@H]1O[PH](O)(OCOC(=O)C(C)(C)C)OCC1(C)C. The van der Waals surface area contributed by atoms with Crippen molar-refractivity contribution >= 4 is 42.8 Å². The second-order valence-electron chi connectivity index (χ2n) is 8.97. The predicted octanol–water partition coefficient (Wildman–Crippen LogP) is 1.30. The van der Waals surface area contributed by atoms with Crippen LogP contribution in [0.1, 0.15) is 48.0 Å². The van der Waals surface area contributed by atoms with Gasteiger partial charge in [-0.15, -0.1) is 0 Å². The Labute approximate surface area is 193 Å². The number of ether oxygens (including phenoxy) is 1. The van der Waals surface area contributed by atoms with Gasteiger partial charge in [0.25, 0.3) is 0 Å². The van der Waals surface area contributed by atoms with E-state index in [1.165, 1.54) is 6.92 Å². The number of hydrogen-bond donors (Lipinski definition) is 3. The second kappa shape index (κ2) is 12.2. The first-order chi connectivity index (χ1) is 14.7. The van der Waals surface area contributed by atoms with Crippen molar-refractivity contribution in [2.45, 2.75) is 54.1 Å². The van der Waals surface area contributed by atoms with Crippen LogP contribution >= 0.6 is 19.9 Å². The van der Waals surface area contributed by atoms with Gasteiger partial charge in [-0.3, -0.25) is 4.79 Å². The zero-order chi connectivity index (χ0) is 24.6. The molecule has 1 aliphatic rings. The molecule has 0 radical (unpaired) electrons. The van der Waals surface area contributed by atoms with Gasteiger partial charge in [0.05, 0.1) is 0 Å². The Morgan fingerprint density at radius 1 is 1.19 bits per heavy atom. The molecule has 1 atom stereocenters. The minimum atomic E-state index is -4.22. The molecule has 186 valence electrons. The van der Waals surface area contributed by atoms with Crippen molar-refractivity contribution in [2.75, 3.05) is 32.2 Å². The molecule has 11 nitrogen and oxygen atoms in total. The first kappa shape index (κ1) is 28.7. The van der Waals surface area contributed by atoms with Crippen LogP contribution in [-0.2, 0) is 37.5 Å². The topological polar surface area (TPSA) is 149 Å². The molecule has 0 unspecified atom stereocenters. The monoisotopic (exact) mass is 498 g/mol. The van der Waals surface area contributed by atoms with E-state index in [-0.39, 0.29) is 30.6 Å². The third kappa shape index (κ3) is 10.1. The summed E-state index contributed by atoms with van der Waals surface area (Å²) in [5.74, 6) is -0.846. The zero-order valence-corrected chi connectivity index (χ0v) is 21.3. The molecule has 0 aromatic carbocycles. The Morgan fingerprint density at radius 2 is 1.84 bits per heavy atom. The molecule has 1 aliphatic heterocycles. The van der Waals surface area contributed by atoms with Crippen molar-refractivity contribution in [3.63, 3.8) is 0 Å². The maximum atomic E-state index is 12.6. The molecular formula is C19H35N2O9PS. The molecule has 1 fully saturated rings. The number of carbonyl (C=O) groups excluding carboxylic acids is 4. The molecule has 32 heavy (non-hydrogen) atoms. The Bertz CT molecular complexity index is 699. The van der Waals surface area contributed by atoms with Crippen LogP contribution in [0.25, 0.3) is 0 Å². The van der Waals surface area contributed by atoms with Gasteiger partial charge in [0.1, 0.15) is 0 Å². The van der Waals surface area contributed by atoms with E-state index in [1.807, 2.05) is 0 Å². The number of carbonyl (C=O) groups is 4. The van der Waals surface area contributed by atoms with Crippen LogP contribution in [-0.4, -0.2) is 66.1 Å². The number of amides is 2. The molecule has 3 N–H and O–H groups in total. The molecule has 2 amide bonds. The fraction of sp³-hybridized carbons (Fsp3) is 0.789. The fourth-order valence-electron chi connectivity index (χ4n) is 2.42. The average molecular weight is 499 g/mol. The van der Waals surface area contributed by atoms with Crippen molar-refractivity contribution in [3.05, 3.63) is 0 Å². The van der Waals surface area contributed by atoms with Crippen LogP contribution in [0.5, 0.6) is 0 Å². The summed E-state index contributed by atoms with van der Waals surface area (Å²) in [4.78, 5) is 57.6. The Kier molecular flexibility index (Phi) is 11.0. The predicted molar refractivity (Wildman–Crippen MR) is 120 cm³/mol. The van der Waals surface area contributed by atoms with Gasteiger partial charge in [-0.05, 0) is 0 Å². The first-order valence-corrected chi connectivity index (χ1v) is 12.9. The van der Waals surface area contributed by atoms with E-state index in [1.54, 1.807) is 34.6 Å². The van der Waals surface area contributed by atoms with Gasteiger partial charge in [-0.1, -0.05) is 0 Å². The van der Waals surface area contributed by atoms with E-state index in [0.29, 0.717) is 12.3 Å². The van der Waals surface area contributed by atoms with E-state index in [0.717, 1.165) is 11.8 Å². The van der Waals surface area contributed by atoms with Crippen molar-refractivity contribution in [3.8, 4) is 0 Å². The minimum absolute atomic E-state index is 0.0185. The molecule has 1 rings (SSSR count). The Morgan fingerprint density at radius 3 is 2.44 bits per heavy atom. The summed E-state index contributed by atoms with van der Waals surface area (Å²) in [5.41, 5.74) is -1.52. The molecule has 1 saturated heterocycles. The van der Waals surface area contributed by atoms with Gasteiger partial charge in [0.15, 0.2) is 0 Å². The molecule has 0 saturated carbocycles. The van der Waals surface area contributed by atoms with E-state index >= 15 is 0 Å². The van der Waals surface area contributed by atoms with Crippen LogP contribution in [0, 0.1) is 10.8 Å². The quantitative estimate of drug-likeness (QED) is 0.174. The van der Waals surface area contributed by atoms with Crippen molar-refractivity contribution in [2.24, 2.45) is 10.8 Å². The van der Waals surface area contributed by atoms with Gasteiger partial charge in [-0.2, -0.15) is 0 Å². The Balaban J connectivity index is 2.50. The maximum absolute atomic E-state index is 12.6. The number of hydrogen-bond acceptors (Lipinski definition) is 10. The van der Waals surface area contributed by atoms with Crippen LogP contribution in [0.2, 0.25) is 0 Å². The molecule has 0 aromatic rings. The van der Waals surface area contributed by atoms with Crippen LogP contribution in [0.3, 0.4) is 0 Å². The zero-order valence-electron chi connectivity index (χ0n) is 19.4. The molecule has 0 spiro atoms. The summed E-state index contributed by atoms with van der Waals surface area (Å²) in [7, 11) is -4.22. The van der Waals surface area contributed by atoms with Crippen LogP contribution in [0.4, 0.5) is 0 Å². The molecule has 0 bridgehead atoms. The van der Waals surface area contributed by atoms with Crippen molar-refractivity contribution < 1.29 is 42.4 Å². The van der Waals surface area contributed by atoms with Crippen LogP contribution < -0.4 is 10.6 Å². The summed E-state index contributed by atoms with van der Waals surface area (Å²) >= 11 is 1.12. The number of esters is 1. The molecule has 13 heteroatoms. The van der Waals surface area contributed by atoms with Gasteiger partial charge in [0.2, 0.25) is 0 Å². The van der Waals surface area contributed by atoms with Gasteiger partial charge >= 0.3 is 181 Å². The normalized spacial score (nSPS) is 20.7. The molecule has 0 aromatic heterocycles. The van der Waals surface area contributed by atoms with Crippen LogP contribution in [0.15, 0.2) is 0 Å². The summed E-state index contributed by atoms with van der Waals surface area (Å²) in [5, 5.41) is 5.24. The fourth-order valence-corrected chi connectivity index (χ4v) is 4.62. The third-order valence-electron chi connectivity index (χ3n) is 4.27. The van der Waals surface area contributed by atoms with E-state index in [4.69, 9.17) is 18.3 Å². The van der Waals surface area contributed by atoms with Crippen molar-refractivity contribution in [1.29, 1.82) is 0 Å². The average Bonchev–Trinajstić information content (AvgIpc) is 2.66. The Hall–Kier alpha value is -1.30. The van der Waals surface area contributed by atoms with Crippen molar-refractivity contribution in [1.82, 2.24) is 10.6 Å². The third-order valence-corrected chi connectivity index (χ3v) is 6.61. The van der Waals surface area contributed by atoms with E-state index in [2.05, 4.69) is 10.6 Å². The van der Waals surface area contributed by atoms with Gasteiger partial charge in [-0.25, -0.2) is 0 Å². The number of thioether (sulfide) groups is 1. The summed E-state index contributed by atoms with van der Waals surface area (Å²) in [6.07, 6.45) is -1.05. The van der Waals surface area contributed by atoms with E-state index < -0.39 is 43.8 Å². The second-order valence-corrected chi connectivity index (χ2v) is 12.1. The standard InChI is InChI=1S/C19H35N2O9PS/c1-13(22)32-10-9-20-14(23)7-8-21-16(24)15-19(5,6)11-28-31(26,30-15)29-12-27-17(25)18(2,3)4/h15,26,31H,7-12H2,1-6H3,(H,20,23)(H,21,24)/t15-/m0/s1. The molecule has 0 aliphatic carbocycles. The van der Waals surface area contributed by atoms with Gasteiger partial charge < -0.3 is 0 Å². The summed E-state index contributed by atoms with van der Waals surface area (Å²) < 4.78 is 20.9. The summed E-state index contributed by atoms with van der Waals surface area (Å²) in [6, 6.07) is 0. The molecule has 1 heterocycles. The number of nitrogens with one attached hydrogen (secondary N) is 2. The number of rotatable bonds is 10. The van der Waals surface area contributed by atoms with E-state index in [9.17, 15) is 24.1 Å².